The van der Waals surface area contributed by atoms with Crippen LogP contribution >= 0.6 is 11.9 Å². The van der Waals surface area contributed by atoms with Crippen molar-refractivity contribution >= 4 is 35.1 Å². The van der Waals surface area contributed by atoms with Crippen molar-refractivity contribution in [1.82, 2.24) is 25.3 Å². The van der Waals surface area contributed by atoms with E-state index in [4.69, 9.17) is 24.1 Å². The van der Waals surface area contributed by atoms with Crippen molar-refractivity contribution in [2.24, 2.45) is 5.41 Å². The second kappa shape index (κ2) is 13.4. The third kappa shape index (κ3) is 7.58. The van der Waals surface area contributed by atoms with E-state index >= 15 is 0 Å². The number of carboxylic acid groups (broad SMARTS) is 1. The number of anilines is 1. The maximum absolute atomic E-state index is 11.5. The van der Waals surface area contributed by atoms with Crippen LogP contribution in [-0.4, -0.2) is 43.7 Å². The normalized spacial score (nSPS) is 16.6. The van der Waals surface area contributed by atoms with Gasteiger partial charge in [-0.2, -0.15) is 4.98 Å². The fourth-order valence-electron chi connectivity index (χ4n) is 6.52. The molecule has 3 aromatic heterocycles. The van der Waals surface area contributed by atoms with Gasteiger partial charge in [-0.15, -0.1) is 0 Å². The van der Waals surface area contributed by atoms with Gasteiger partial charge < -0.3 is 19.6 Å². The minimum absolute atomic E-state index is 0.0574. The van der Waals surface area contributed by atoms with Crippen LogP contribution in [0.4, 0.5) is 5.95 Å². The molecule has 0 aliphatic heterocycles. The molecule has 5 aromatic rings. The molecular weight excluding hydrogens is 637 g/mol. The van der Waals surface area contributed by atoms with Gasteiger partial charge in [-0.25, -0.2) is 19.7 Å². The Bertz CT molecular complexity index is 1980. The third-order valence-corrected chi connectivity index (χ3v) is 10.7. The summed E-state index contributed by atoms with van der Waals surface area (Å²) < 4.78 is 15.8. The lowest BCUT2D eigenvalue weighted by molar-refractivity contribution is 0.0696. The molecule has 10 nitrogen and oxygen atoms in total. The van der Waals surface area contributed by atoms with Crippen LogP contribution in [0.5, 0.6) is 5.88 Å². The van der Waals surface area contributed by atoms with E-state index in [1.54, 1.807) is 24.4 Å². The number of aryl methyl sites for hydroxylation is 2. The summed E-state index contributed by atoms with van der Waals surface area (Å²) in [5, 5.41) is 13.1. The summed E-state index contributed by atoms with van der Waals surface area (Å²) in [7, 11) is 0. The number of fused-ring (bicyclic) bond motifs is 1. The Kier molecular flexibility index (Phi) is 9.06. The first-order chi connectivity index (χ1) is 23.6. The van der Waals surface area contributed by atoms with Gasteiger partial charge in [0.05, 0.1) is 23.1 Å². The second-order valence-corrected chi connectivity index (χ2v) is 15.1. The van der Waals surface area contributed by atoms with Crippen LogP contribution in [0, 0.1) is 19.3 Å². The Labute approximate surface area is 290 Å². The van der Waals surface area contributed by atoms with Crippen LogP contribution in [0.2, 0.25) is 0 Å². The zero-order valence-electron chi connectivity index (χ0n) is 28.4. The number of nitrogens with zero attached hydrogens (tertiary/aromatic N) is 4. The molecule has 2 aliphatic carbocycles. The molecule has 3 N–H and O–H groups in total. The smallest absolute Gasteiger partial charge is 0.335 e. The largest absolute Gasteiger partial charge is 0.478 e. The van der Waals surface area contributed by atoms with E-state index in [9.17, 15) is 9.90 Å². The van der Waals surface area contributed by atoms with E-state index in [0.29, 0.717) is 30.7 Å². The maximum Gasteiger partial charge on any atom is 0.335 e. The molecule has 2 saturated carbocycles. The van der Waals surface area contributed by atoms with Crippen molar-refractivity contribution in [3.05, 3.63) is 88.9 Å². The molecule has 0 spiro atoms. The van der Waals surface area contributed by atoms with Crippen LogP contribution in [0.25, 0.3) is 22.5 Å². The molecule has 49 heavy (non-hydrogen) atoms. The van der Waals surface area contributed by atoms with Crippen molar-refractivity contribution in [1.29, 1.82) is 0 Å². The molecule has 2 aromatic carbocycles. The summed E-state index contributed by atoms with van der Waals surface area (Å²) in [5.74, 6) is 0.840. The van der Waals surface area contributed by atoms with Crippen LogP contribution in [0.15, 0.2) is 70.1 Å². The molecule has 11 heteroatoms. The number of aromatic nitrogens is 4. The highest BCUT2D eigenvalue weighted by Gasteiger charge is 2.39. The molecule has 0 saturated heterocycles. The highest BCUT2D eigenvalue weighted by Crippen LogP contribution is 2.49. The summed E-state index contributed by atoms with van der Waals surface area (Å²) in [6, 6.07) is 16.9. The highest BCUT2D eigenvalue weighted by atomic mass is 32.2. The minimum Gasteiger partial charge on any atom is -0.478 e. The molecule has 1 unspecified atom stereocenters. The van der Waals surface area contributed by atoms with E-state index in [1.165, 1.54) is 31.2 Å². The predicted molar refractivity (Wildman–Crippen MR) is 191 cm³/mol. The van der Waals surface area contributed by atoms with Crippen molar-refractivity contribution < 1.29 is 19.1 Å². The van der Waals surface area contributed by atoms with E-state index in [1.807, 2.05) is 18.2 Å². The number of aromatic carboxylic acids is 1. The number of benzene rings is 2. The SMILES string of the molecule is Cc1cccc(C)c1-c1cc(OCC(CC2(C)CC2)NCc2cnc3oc(C4(C)CCC4)cc3n2)nc(NSc2cccc(C(=O)O)c2)n1. The lowest BCUT2D eigenvalue weighted by Gasteiger charge is -2.35. The van der Waals surface area contributed by atoms with Crippen LogP contribution in [0.3, 0.4) is 0 Å². The summed E-state index contributed by atoms with van der Waals surface area (Å²) in [6.07, 6.45) is 8.66. The summed E-state index contributed by atoms with van der Waals surface area (Å²) >= 11 is 1.25. The van der Waals surface area contributed by atoms with Gasteiger partial charge in [0, 0.05) is 40.6 Å². The molecule has 0 radical (unpaired) electrons. The second-order valence-electron chi connectivity index (χ2n) is 14.2. The van der Waals surface area contributed by atoms with Crippen molar-refractivity contribution in [2.45, 2.75) is 89.1 Å². The van der Waals surface area contributed by atoms with Crippen molar-refractivity contribution in [3.63, 3.8) is 0 Å². The van der Waals surface area contributed by atoms with Gasteiger partial charge in [-0.1, -0.05) is 44.5 Å². The average Bonchev–Trinajstić information content (AvgIpc) is 3.64. The topological polar surface area (TPSA) is 135 Å². The van der Waals surface area contributed by atoms with Crippen LogP contribution < -0.4 is 14.8 Å². The molecule has 0 bridgehead atoms. The predicted octanol–water partition coefficient (Wildman–Crippen LogP) is 8.28. The number of ether oxygens (including phenoxy) is 1. The van der Waals surface area contributed by atoms with Gasteiger partial charge in [0.25, 0.3) is 0 Å². The van der Waals surface area contributed by atoms with E-state index in [2.05, 4.69) is 60.9 Å². The average molecular weight is 679 g/mol. The van der Waals surface area contributed by atoms with Gasteiger partial charge in [-0.05, 0) is 92.6 Å². The zero-order chi connectivity index (χ0) is 34.2. The van der Waals surface area contributed by atoms with Gasteiger partial charge in [0.15, 0.2) is 0 Å². The van der Waals surface area contributed by atoms with Crippen LogP contribution in [0.1, 0.15) is 85.3 Å². The number of hydrogen-bond donors (Lipinski definition) is 3. The number of hydrogen-bond acceptors (Lipinski definition) is 10. The first-order valence-electron chi connectivity index (χ1n) is 16.9. The monoisotopic (exact) mass is 678 g/mol. The number of carboxylic acids is 1. The van der Waals surface area contributed by atoms with Crippen molar-refractivity contribution in [3.8, 4) is 17.1 Å². The zero-order valence-corrected chi connectivity index (χ0v) is 29.2. The molecular formula is C38H42N6O4S. The molecule has 2 aliphatic rings. The number of rotatable bonds is 14. The summed E-state index contributed by atoms with van der Waals surface area (Å²) in [4.78, 5) is 31.3. The fraction of sp³-hybridized carbons (Fsp3) is 0.395. The maximum atomic E-state index is 11.5. The third-order valence-electron chi connectivity index (χ3n) is 9.97. The van der Waals surface area contributed by atoms with Gasteiger partial charge in [0.2, 0.25) is 17.5 Å². The minimum atomic E-state index is -0.976. The summed E-state index contributed by atoms with van der Waals surface area (Å²) in [6.45, 7) is 9.68. The highest BCUT2D eigenvalue weighted by molar-refractivity contribution is 8.00. The lowest BCUT2D eigenvalue weighted by Crippen LogP contribution is -2.36. The van der Waals surface area contributed by atoms with E-state index in [-0.39, 0.29) is 22.4 Å². The van der Waals surface area contributed by atoms with Crippen molar-refractivity contribution in [2.75, 3.05) is 11.3 Å². The Morgan fingerprint density at radius 1 is 1.02 bits per heavy atom. The Morgan fingerprint density at radius 3 is 2.51 bits per heavy atom. The number of furan rings is 1. The molecule has 3 heterocycles. The fourth-order valence-corrected chi connectivity index (χ4v) is 7.16. The summed E-state index contributed by atoms with van der Waals surface area (Å²) in [5.41, 5.74) is 6.84. The standard InChI is InChI=1S/C38H42N6O4S/c1-23-8-5-9-24(2)33(23)29-18-32(43-36(42-29)44-49-28-11-6-10-25(16-28)35(45)46)47-22-26(19-37(3)14-15-37)39-20-27-21-40-34-30(41-27)17-31(48-34)38(4)12-7-13-38/h5-6,8-11,16-18,21,26,39H,7,12-15,19-20,22H2,1-4H3,(H,45,46)(H,42,43,44). The van der Waals surface area contributed by atoms with Gasteiger partial charge in [-0.3, -0.25) is 4.72 Å². The van der Waals surface area contributed by atoms with Crippen LogP contribution in [-0.2, 0) is 12.0 Å². The Hall–Kier alpha value is -4.48. The Morgan fingerprint density at radius 2 is 1.80 bits per heavy atom. The quantitative estimate of drug-likeness (QED) is 0.0979. The first-order valence-corrected chi connectivity index (χ1v) is 17.7. The lowest BCUT2D eigenvalue weighted by atomic mass is 9.69. The molecule has 254 valence electrons. The number of carbonyl (C=O) groups is 1. The molecule has 1 atom stereocenters. The number of nitrogens with one attached hydrogen (secondary N) is 2. The Balaban J connectivity index is 1.09. The van der Waals surface area contributed by atoms with E-state index < -0.39 is 5.97 Å². The van der Waals surface area contributed by atoms with Gasteiger partial charge >= 0.3 is 5.97 Å². The molecule has 0 amide bonds. The van der Waals surface area contributed by atoms with E-state index in [0.717, 1.165) is 63.5 Å². The molecule has 2 fully saturated rings. The molecule has 7 rings (SSSR count). The first kappa shape index (κ1) is 33.0. The van der Waals surface area contributed by atoms with Gasteiger partial charge in [0.1, 0.15) is 17.9 Å².